The maximum Gasteiger partial charge on any atom is 0.408 e. The predicted octanol–water partition coefficient (Wildman–Crippen LogP) is 3.72. The second-order valence-electron chi connectivity index (χ2n) is 10.1. The highest BCUT2D eigenvalue weighted by Crippen LogP contribution is 2.54. The lowest BCUT2D eigenvalue weighted by Gasteiger charge is -2.55. The van der Waals surface area contributed by atoms with E-state index in [-0.39, 0.29) is 16.7 Å². The number of hydrogen-bond donors (Lipinski definition) is 2. The Morgan fingerprint density at radius 3 is 1.80 bits per heavy atom. The van der Waals surface area contributed by atoms with Gasteiger partial charge in [-0.2, -0.15) is 0 Å². The highest BCUT2D eigenvalue weighted by atomic mass is 28.4. The van der Waals surface area contributed by atoms with Crippen LogP contribution in [0.15, 0.2) is 0 Å². The Bertz CT molecular complexity index is 449. The zero-order valence-corrected chi connectivity index (χ0v) is 18.4. The van der Waals surface area contributed by atoms with Crippen LogP contribution in [0.25, 0.3) is 0 Å². The van der Waals surface area contributed by atoms with Crippen molar-refractivity contribution >= 4 is 14.7 Å². The van der Waals surface area contributed by atoms with Gasteiger partial charge >= 0.3 is 14.7 Å². The first-order valence-corrected chi connectivity index (χ1v) is 10.8. The third-order valence-corrected chi connectivity index (χ3v) is 9.49. The third-order valence-electron chi connectivity index (χ3n) is 4.43. The van der Waals surface area contributed by atoms with Gasteiger partial charge < -0.3 is 24.0 Å². The molecule has 0 bridgehead atoms. The summed E-state index contributed by atoms with van der Waals surface area (Å²) < 4.78 is 18.2. The van der Waals surface area contributed by atoms with Crippen LogP contribution in [0.3, 0.4) is 0 Å². The fourth-order valence-electron chi connectivity index (χ4n) is 3.57. The van der Waals surface area contributed by atoms with Gasteiger partial charge in [-0.1, -0.05) is 41.5 Å². The number of alkyl carbamates (subject to hydrolysis) is 1. The van der Waals surface area contributed by atoms with Gasteiger partial charge in [0, 0.05) is 16.7 Å². The van der Waals surface area contributed by atoms with Crippen molar-refractivity contribution in [2.75, 3.05) is 19.8 Å². The molecule has 0 saturated carbocycles. The Morgan fingerprint density at radius 2 is 1.48 bits per heavy atom. The first kappa shape index (κ1) is 22.4. The molecule has 0 aliphatic carbocycles. The molecule has 0 aromatic heterocycles. The molecule has 1 rings (SSSR count). The van der Waals surface area contributed by atoms with Gasteiger partial charge in [0.25, 0.3) is 0 Å². The minimum atomic E-state index is -2.58. The molecule has 0 aromatic rings. The molecule has 2 N–H and O–H groups in total. The molecule has 25 heavy (non-hydrogen) atoms. The van der Waals surface area contributed by atoms with Crippen molar-refractivity contribution in [1.82, 2.24) is 5.32 Å². The molecule has 7 heteroatoms. The van der Waals surface area contributed by atoms with Gasteiger partial charge in [-0.3, -0.25) is 0 Å². The smallest absolute Gasteiger partial charge is 0.408 e. The minimum Gasteiger partial charge on any atom is -0.444 e. The number of aliphatic hydroxyl groups is 1. The lowest BCUT2D eigenvalue weighted by atomic mass is 9.98. The van der Waals surface area contributed by atoms with Gasteiger partial charge in [-0.05, 0) is 27.2 Å². The van der Waals surface area contributed by atoms with E-state index in [1.807, 2.05) is 20.8 Å². The number of carbonyl (C=O) groups is 1. The second kappa shape index (κ2) is 7.17. The molecule has 0 aromatic carbocycles. The maximum absolute atomic E-state index is 12.2. The van der Waals surface area contributed by atoms with E-state index in [9.17, 15) is 9.90 Å². The van der Waals surface area contributed by atoms with Gasteiger partial charge in [0.15, 0.2) is 0 Å². The lowest BCUT2D eigenvalue weighted by molar-refractivity contribution is -0.0196. The fourth-order valence-corrected chi connectivity index (χ4v) is 8.59. The van der Waals surface area contributed by atoms with Crippen LogP contribution in [-0.4, -0.2) is 50.7 Å². The summed E-state index contributed by atoms with van der Waals surface area (Å²) in [6, 6.07) is 0. The third kappa shape index (κ3) is 5.18. The molecule has 0 radical (unpaired) electrons. The van der Waals surface area contributed by atoms with Crippen molar-refractivity contribution in [1.29, 1.82) is 0 Å². The summed E-state index contributed by atoms with van der Waals surface area (Å²) >= 11 is 0. The van der Waals surface area contributed by atoms with E-state index in [1.54, 1.807) is 0 Å². The van der Waals surface area contributed by atoms with E-state index in [4.69, 9.17) is 13.6 Å². The topological polar surface area (TPSA) is 77.0 Å². The summed E-state index contributed by atoms with van der Waals surface area (Å²) in [7, 11) is -2.58. The molecule has 6 nitrogen and oxygen atoms in total. The van der Waals surface area contributed by atoms with Crippen molar-refractivity contribution in [3.63, 3.8) is 0 Å². The summed E-state index contributed by atoms with van der Waals surface area (Å²) in [4.78, 5) is 12.2. The summed E-state index contributed by atoms with van der Waals surface area (Å²) in [5, 5.41) is 12.1. The van der Waals surface area contributed by atoms with Gasteiger partial charge in [-0.15, -0.1) is 0 Å². The van der Waals surface area contributed by atoms with Crippen LogP contribution in [0.2, 0.25) is 10.1 Å². The molecular formula is C18H37NO5Si. The van der Waals surface area contributed by atoms with Gasteiger partial charge in [0.05, 0.1) is 18.8 Å². The summed E-state index contributed by atoms with van der Waals surface area (Å²) in [5.41, 5.74) is -1.36. The summed E-state index contributed by atoms with van der Waals surface area (Å²) in [6.45, 7) is 18.9. The largest absolute Gasteiger partial charge is 0.444 e. The van der Waals surface area contributed by atoms with Crippen LogP contribution in [0.5, 0.6) is 0 Å². The van der Waals surface area contributed by atoms with Crippen LogP contribution < -0.4 is 5.32 Å². The average Bonchev–Trinajstić information content (AvgIpc) is 2.34. The number of hydrogen-bond acceptors (Lipinski definition) is 5. The maximum atomic E-state index is 12.2. The highest BCUT2D eigenvalue weighted by Gasteiger charge is 2.62. The molecular weight excluding hydrogens is 338 g/mol. The van der Waals surface area contributed by atoms with E-state index in [0.717, 1.165) is 0 Å². The zero-order valence-electron chi connectivity index (χ0n) is 17.4. The molecule has 1 fully saturated rings. The molecule has 0 unspecified atom stereocenters. The van der Waals surface area contributed by atoms with Crippen molar-refractivity contribution in [2.45, 2.75) is 90.0 Å². The quantitative estimate of drug-likeness (QED) is 0.735. The van der Waals surface area contributed by atoms with Crippen LogP contribution >= 0.6 is 0 Å². The Labute approximate surface area is 153 Å². The molecule has 0 atom stereocenters. The first-order chi connectivity index (χ1) is 11.1. The number of nitrogens with one attached hydrogen (secondary N) is 1. The standard InChI is InChI=1S/C18H37NO5Si/c1-15(2,3)24-14(21)19-18(10-11-20)12-22-25(23-13-18,16(4,5)6)17(7,8)9/h20H,10-13H2,1-9H3,(H,19,21). The second-order valence-corrected chi connectivity index (χ2v) is 14.9. The normalized spacial score (nSPS) is 20.9. The number of amides is 1. The summed E-state index contributed by atoms with van der Waals surface area (Å²) in [5.74, 6) is 0. The number of rotatable bonds is 3. The monoisotopic (exact) mass is 375 g/mol. The van der Waals surface area contributed by atoms with E-state index in [0.29, 0.717) is 19.6 Å². The van der Waals surface area contributed by atoms with Crippen LogP contribution in [0.4, 0.5) is 4.79 Å². The van der Waals surface area contributed by atoms with E-state index < -0.39 is 25.8 Å². The van der Waals surface area contributed by atoms with Crippen molar-refractivity contribution in [3.05, 3.63) is 0 Å². The molecule has 148 valence electrons. The van der Waals surface area contributed by atoms with Crippen LogP contribution in [-0.2, 0) is 13.6 Å². The van der Waals surface area contributed by atoms with E-state index in [2.05, 4.69) is 46.9 Å². The molecule has 1 aliphatic heterocycles. The zero-order chi connectivity index (χ0) is 19.7. The first-order valence-electron chi connectivity index (χ1n) is 8.97. The Morgan fingerprint density at radius 1 is 1.04 bits per heavy atom. The Hall–Kier alpha value is -0.633. The molecule has 1 saturated heterocycles. The van der Waals surface area contributed by atoms with E-state index >= 15 is 0 Å². The average molecular weight is 376 g/mol. The number of ether oxygens (including phenoxy) is 1. The Balaban J connectivity index is 3.00. The van der Waals surface area contributed by atoms with Crippen LogP contribution in [0, 0.1) is 0 Å². The van der Waals surface area contributed by atoms with Gasteiger partial charge in [0.1, 0.15) is 5.60 Å². The number of carbonyl (C=O) groups excluding carboxylic acids is 1. The van der Waals surface area contributed by atoms with Crippen molar-refractivity contribution < 1.29 is 23.5 Å². The highest BCUT2D eigenvalue weighted by molar-refractivity contribution is 6.73. The molecule has 0 spiro atoms. The number of aliphatic hydroxyl groups excluding tert-OH is 1. The summed E-state index contributed by atoms with van der Waals surface area (Å²) in [6.07, 6.45) is -0.167. The van der Waals surface area contributed by atoms with Gasteiger partial charge in [0.2, 0.25) is 0 Å². The van der Waals surface area contributed by atoms with Gasteiger partial charge in [-0.25, -0.2) is 4.79 Å². The SMILES string of the molecule is CC(C)(C)OC(=O)NC1(CCO)CO[Si](C(C)(C)C)(C(C)(C)C)OC1. The molecule has 1 amide bonds. The Kier molecular flexibility index (Phi) is 6.43. The minimum absolute atomic E-state index is 0.0674. The van der Waals surface area contributed by atoms with Crippen molar-refractivity contribution in [3.8, 4) is 0 Å². The fraction of sp³-hybridized carbons (Fsp3) is 0.944. The van der Waals surface area contributed by atoms with Crippen LogP contribution in [0.1, 0.15) is 68.7 Å². The van der Waals surface area contributed by atoms with E-state index in [1.165, 1.54) is 0 Å². The lowest BCUT2D eigenvalue weighted by Crippen LogP contribution is -2.69. The predicted molar refractivity (Wildman–Crippen MR) is 101 cm³/mol. The molecule has 1 heterocycles. The van der Waals surface area contributed by atoms with Crippen molar-refractivity contribution in [2.24, 2.45) is 0 Å². The molecule has 1 aliphatic rings.